The van der Waals surface area contributed by atoms with Gasteiger partial charge >= 0.3 is 6.18 Å². The summed E-state index contributed by atoms with van der Waals surface area (Å²) in [6.07, 6.45) is -1.44. The van der Waals surface area contributed by atoms with E-state index in [1.807, 2.05) is 0 Å². The number of nitrogens with zero attached hydrogens (tertiary/aromatic N) is 1. The Morgan fingerprint density at radius 1 is 1.16 bits per heavy atom. The smallest absolute Gasteiger partial charge is 0.380 e. The zero-order valence-corrected chi connectivity index (χ0v) is 9.71. The number of alkyl halides is 3. The summed E-state index contributed by atoms with van der Waals surface area (Å²) in [5.41, 5.74) is -0.119. The fourth-order valence-electron chi connectivity index (χ4n) is 1.59. The second-order valence-corrected chi connectivity index (χ2v) is 3.94. The van der Waals surface area contributed by atoms with Gasteiger partial charge in [-0.15, -0.1) is 0 Å². The third kappa shape index (κ3) is 3.67. The molecule has 2 rings (SSSR count). The number of halogens is 4. The quantitative estimate of drug-likeness (QED) is 0.857. The predicted octanol–water partition coefficient (Wildman–Crippen LogP) is 3.85. The Labute approximate surface area is 107 Å². The number of aromatic nitrogens is 1. The Kier molecular flexibility index (Phi) is 3.69. The molecule has 1 N–H and O–H groups in total. The standard InChI is InChI=1S/C13H10F4N2/c14-11-5-9(4-10(6-11)13(15,16)17)7-19-12-2-1-3-18-8-12/h1-6,8,19H,7H2. The second-order valence-electron chi connectivity index (χ2n) is 3.94. The zero-order chi connectivity index (χ0) is 13.9. The molecule has 0 spiro atoms. The first-order valence-electron chi connectivity index (χ1n) is 5.46. The lowest BCUT2D eigenvalue weighted by atomic mass is 10.1. The Bertz CT molecular complexity index is 552. The lowest BCUT2D eigenvalue weighted by Gasteiger charge is -2.10. The molecule has 0 bridgehead atoms. The maximum Gasteiger partial charge on any atom is 0.416 e. The molecular weight excluding hydrogens is 260 g/mol. The fourth-order valence-corrected chi connectivity index (χ4v) is 1.59. The molecule has 0 saturated heterocycles. The number of hydrogen-bond donors (Lipinski definition) is 1. The molecule has 0 aliphatic heterocycles. The van der Waals surface area contributed by atoms with Crippen LogP contribution in [0.15, 0.2) is 42.7 Å². The maximum atomic E-state index is 13.1. The average Bonchev–Trinajstić information content (AvgIpc) is 2.36. The van der Waals surface area contributed by atoms with E-state index in [-0.39, 0.29) is 12.1 Å². The summed E-state index contributed by atoms with van der Waals surface area (Å²) in [4.78, 5) is 3.85. The Morgan fingerprint density at radius 2 is 1.95 bits per heavy atom. The molecule has 0 radical (unpaired) electrons. The minimum atomic E-state index is -4.55. The van der Waals surface area contributed by atoms with Crippen LogP contribution in [0, 0.1) is 5.82 Å². The number of anilines is 1. The highest BCUT2D eigenvalue weighted by atomic mass is 19.4. The number of pyridine rings is 1. The highest BCUT2D eigenvalue weighted by Crippen LogP contribution is 2.30. The first-order valence-corrected chi connectivity index (χ1v) is 5.46. The second kappa shape index (κ2) is 5.26. The minimum absolute atomic E-state index is 0.0898. The predicted molar refractivity (Wildman–Crippen MR) is 63.0 cm³/mol. The van der Waals surface area contributed by atoms with Crippen LogP contribution in [0.3, 0.4) is 0 Å². The third-order valence-corrected chi connectivity index (χ3v) is 2.44. The van der Waals surface area contributed by atoms with Crippen molar-refractivity contribution in [3.63, 3.8) is 0 Å². The van der Waals surface area contributed by atoms with Crippen LogP contribution in [-0.4, -0.2) is 4.98 Å². The third-order valence-electron chi connectivity index (χ3n) is 2.44. The van der Waals surface area contributed by atoms with Crippen molar-refractivity contribution < 1.29 is 17.6 Å². The molecule has 1 aromatic carbocycles. The molecule has 0 aliphatic carbocycles. The SMILES string of the molecule is Fc1cc(CNc2cccnc2)cc(C(F)(F)F)c1. The van der Waals surface area contributed by atoms with Gasteiger partial charge in [-0.1, -0.05) is 0 Å². The molecular formula is C13H10F4N2. The first-order chi connectivity index (χ1) is 8.95. The fraction of sp³-hybridized carbons (Fsp3) is 0.154. The van der Waals surface area contributed by atoms with Gasteiger partial charge in [0.05, 0.1) is 11.3 Å². The normalized spacial score (nSPS) is 11.4. The highest BCUT2D eigenvalue weighted by Gasteiger charge is 2.31. The van der Waals surface area contributed by atoms with Gasteiger partial charge < -0.3 is 5.32 Å². The van der Waals surface area contributed by atoms with Crippen molar-refractivity contribution >= 4 is 5.69 Å². The van der Waals surface area contributed by atoms with Crippen LogP contribution >= 0.6 is 0 Å². The van der Waals surface area contributed by atoms with Crippen LogP contribution in [0.5, 0.6) is 0 Å². The maximum absolute atomic E-state index is 13.1. The van der Waals surface area contributed by atoms with Crippen LogP contribution in [0.1, 0.15) is 11.1 Å². The molecule has 0 aliphatic rings. The molecule has 19 heavy (non-hydrogen) atoms. The van der Waals surface area contributed by atoms with E-state index in [0.717, 1.165) is 12.1 Å². The van der Waals surface area contributed by atoms with E-state index in [0.29, 0.717) is 11.8 Å². The number of benzene rings is 1. The van der Waals surface area contributed by atoms with Crippen LogP contribution in [0.2, 0.25) is 0 Å². The molecule has 0 saturated carbocycles. The van der Waals surface area contributed by atoms with E-state index in [4.69, 9.17) is 0 Å². The van der Waals surface area contributed by atoms with Crippen molar-refractivity contribution in [1.29, 1.82) is 0 Å². The summed E-state index contributed by atoms with van der Waals surface area (Å²) >= 11 is 0. The summed E-state index contributed by atoms with van der Waals surface area (Å²) in [6, 6.07) is 5.88. The van der Waals surface area contributed by atoms with Crippen molar-refractivity contribution in [3.05, 3.63) is 59.7 Å². The Morgan fingerprint density at radius 3 is 2.58 bits per heavy atom. The van der Waals surface area contributed by atoms with Crippen LogP contribution < -0.4 is 5.32 Å². The lowest BCUT2D eigenvalue weighted by Crippen LogP contribution is -2.08. The number of rotatable bonds is 3. The number of hydrogen-bond acceptors (Lipinski definition) is 2. The molecule has 6 heteroatoms. The van der Waals surface area contributed by atoms with Crippen molar-refractivity contribution in [3.8, 4) is 0 Å². The van der Waals surface area contributed by atoms with E-state index in [2.05, 4.69) is 10.3 Å². The molecule has 0 atom stereocenters. The van der Waals surface area contributed by atoms with Crippen molar-refractivity contribution in [2.45, 2.75) is 12.7 Å². The molecule has 100 valence electrons. The van der Waals surface area contributed by atoms with Crippen molar-refractivity contribution in [1.82, 2.24) is 4.98 Å². The highest BCUT2D eigenvalue weighted by molar-refractivity contribution is 5.41. The van der Waals surface area contributed by atoms with Gasteiger partial charge in [-0.3, -0.25) is 4.98 Å². The molecule has 2 aromatic rings. The van der Waals surface area contributed by atoms with Gasteiger partial charge in [-0.25, -0.2) is 4.39 Å². The van der Waals surface area contributed by atoms with Crippen molar-refractivity contribution in [2.24, 2.45) is 0 Å². The van der Waals surface area contributed by atoms with E-state index in [1.54, 1.807) is 18.3 Å². The van der Waals surface area contributed by atoms with Gasteiger partial charge in [0.25, 0.3) is 0 Å². The summed E-state index contributed by atoms with van der Waals surface area (Å²) < 4.78 is 50.7. The molecule has 2 nitrogen and oxygen atoms in total. The Balaban J connectivity index is 2.15. The summed E-state index contributed by atoms with van der Waals surface area (Å²) in [5.74, 6) is -0.905. The van der Waals surface area contributed by atoms with E-state index >= 15 is 0 Å². The monoisotopic (exact) mass is 270 g/mol. The van der Waals surface area contributed by atoms with E-state index < -0.39 is 17.6 Å². The van der Waals surface area contributed by atoms with Gasteiger partial charge in [0, 0.05) is 18.9 Å². The zero-order valence-electron chi connectivity index (χ0n) is 9.71. The van der Waals surface area contributed by atoms with Crippen LogP contribution in [0.25, 0.3) is 0 Å². The van der Waals surface area contributed by atoms with Gasteiger partial charge in [-0.05, 0) is 35.9 Å². The summed E-state index contributed by atoms with van der Waals surface area (Å²) in [7, 11) is 0. The first kappa shape index (κ1) is 13.3. The molecule has 0 unspecified atom stereocenters. The lowest BCUT2D eigenvalue weighted by molar-refractivity contribution is -0.137. The van der Waals surface area contributed by atoms with Gasteiger partial charge in [-0.2, -0.15) is 13.2 Å². The van der Waals surface area contributed by atoms with E-state index in [1.165, 1.54) is 6.20 Å². The Hall–Kier alpha value is -2.11. The van der Waals surface area contributed by atoms with Gasteiger partial charge in [0.1, 0.15) is 5.82 Å². The molecule has 0 amide bonds. The molecule has 1 aromatic heterocycles. The number of nitrogens with one attached hydrogen (secondary N) is 1. The van der Waals surface area contributed by atoms with Gasteiger partial charge in [0.15, 0.2) is 0 Å². The van der Waals surface area contributed by atoms with Crippen molar-refractivity contribution in [2.75, 3.05) is 5.32 Å². The summed E-state index contributed by atoms with van der Waals surface area (Å²) in [5, 5.41) is 2.87. The van der Waals surface area contributed by atoms with Crippen LogP contribution in [0.4, 0.5) is 23.2 Å². The average molecular weight is 270 g/mol. The minimum Gasteiger partial charge on any atom is -0.380 e. The largest absolute Gasteiger partial charge is 0.416 e. The summed E-state index contributed by atoms with van der Waals surface area (Å²) in [6.45, 7) is 0.0898. The van der Waals surface area contributed by atoms with E-state index in [9.17, 15) is 17.6 Å². The van der Waals surface area contributed by atoms with Crippen LogP contribution in [-0.2, 0) is 12.7 Å². The van der Waals surface area contributed by atoms with Gasteiger partial charge in [0.2, 0.25) is 0 Å². The topological polar surface area (TPSA) is 24.9 Å². The molecule has 0 fully saturated rings. The molecule has 1 heterocycles.